The van der Waals surface area contributed by atoms with Crippen LogP contribution in [0.15, 0.2) is 0 Å². The number of carboxylic acids is 3. The molecule has 5 unspecified atom stereocenters. The zero-order valence-electron chi connectivity index (χ0n) is 18.1. The molecule has 9 N–H and O–H groups in total. The second kappa shape index (κ2) is 15.0. The average Bonchev–Trinajstić information content (AvgIpc) is 2.71. The van der Waals surface area contributed by atoms with Crippen molar-refractivity contribution in [3.8, 4) is 0 Å². The molecule has 15 heteroatoms. The Bertz CT molecular complexity index is 733. The van der Waals surface area contributed by atoms with Crippen molar-refractivity contribution in [2.45, 2.75) is 62.9 Å². The summed E-state index contributed by atoms with van der Waals surface area (Å²) in [5.41, 5.74) is 5.49. The van der Waals surface area contributed by atoms with Crippen molar-refractivity contribution >= 4 is 47.4 Å². The fraction of sp³-hybridized carbons (Fsp3) is 0.667. The summed E-state index contributed by atoms with van der Waals surface area (Å²) in [4.78, 5) is 70.7. The summed E-state index contributed by atoms with van der Waals surface area (Å²) in [7, 11) is 0. The molecule has 3 amide bonds. The van der Waals surface area contributed by atoms with Crippen LogP contribution in [-0.2, 0) is 28.8 Å². The smallest absolute Gasteiger partial charge is 0.326 e. The van der Waals surface area contributed by atoms with E-state index in [0.29, 0.717) is 5.75 Å². The monoisotopic (exact) mass is 494 g/mol. The standard InChI is InChI=1S/C18H30N4O10S/c1-8(23)14(19)17(30)20-9(3-4-12(24)25)15(28)22-11(7-13(26)27)16(29)21-10(18(31)32)5-6-33-2/h8-11,14,23H,3-7,19H2,1-2H3,(H,20,30)(H,21,29)(H,22,28)(H,24,25)(H,26,27)(H,31,32). The van der Waals surface area contributed by atoms with Gasteiger partial charge in [0.1, 0.15) is 24.2 Å². The van der Waals surface area contributed by atoms with Gasteiger partial charge in [-0.25, -0.2) is 4.79 Å². The molecule has 0 saturated heterocycles. The number of aliphatic hydroxyl groups excluding tert-OH is 1. The Kier molecular flexibility index (Phi) is 13.7. The third-order valence-corrected chi connectivity index (χ3v) is 4.98. The summed E-state index contributed by atoms with van der Waals surface area (Å²) in [5.74, 6) is -6.87. The molecule has 0 heterocycles. The quantitative estimate of drug-likeness (QED) is 0.109. The van der Waals surface area contributed by atoms with Crippen LogP contribution in [0.1, 0.15) is 32.6 Å². The number of aliphatic hydroxyl groups is 1. The van der Waals surface area contributed by atoms with E-state index in [1.54, 1.807) is 6.26 Å². The van der Waals surface area contributed by atoms with Gasteiger partial charge in [0, 0.05) is 6.42 Å². The lowest BCUT2D eigenvalue weighted by Gasteiger charge is -2.24. The Hall–Kier alpha value is -2.91. The maximum Gasteiger partial charge on any atom is 0.326 e. The molecular weight excluding hydrogens is 464 g/mol. The van der Waals surface area contributed by atoms with Crippen molar-refractivity contribution < 1.29 is 49.2 Å². The number of thioether (sulfide) groups is 1. The van der Waals surface area contributed by atoms with E-state index in [2.05, 4.69) is 16.0 Å². The number of hydrogen-bond donors (Lipinski definition) is 8. The number of rotatable bonds is 16. The van der Waals surface area contributed by atoms with Gasteiger partial charge in [-0.05, 0) is 31.8 Å². The first-order chi connectivity index (χ1) is 15.3. The van der Waals surface area contributed by atoms with E-state index in [9.17, 15) is 39.0 Å². The Labute approximate surface area is 193 Å². The van der Waals surface area contributed by atoms with Crippen molar-refractivity contribution in [1.82, 2.24) is 16.0 Å². The number of amides is 3. The Balaban J connectivity index is 5.55. The van der Waals surface area contributed by atoms with Crippen molar-refractivity contribution in [2.24, 2.45) is 5.73 Å². The first-order valence-electron chi connectivity index (χ1n) is 9.80. The lowest BCUT2D eigenvalue weighted by Crippen LogP contribution is -2.58. The summed E-state index contributed by atoms with van der Waals surface area (Å²) in [5, 5.41) is 43.0. The number of aliphatic carboxylic acids is 3. The van der Waals surface area contributed by atoms with Gasteiger partial charge in [-0.1, -0.05) is 0 Å². The zero-order chi connectivity index (χ0) is 25.7. The summed E-state index contributed by atoms with van der Waals surface area (Å²) >= 11 is 1.33. The highest BCUT2D eigenvalue weighted by Crippen LogP contribution is 2.05. The molecule has 33 heavy (non-hydrogen) atoms. The van der Waals surface area contributed by atoms with E-state index >= 15 is 0 Å². The molecule has 188 valence electrons. The highest BCUT2D eigenvalue weighted by molar-refractivity contribution is 7.98. The van der Waals surface area contributed by atoms with Crippen molar-refractivity contribution in [2.75, 3.05) is 12.0 Å². The molecule has 0 aromatic rings. The average molecular weight is 495 g/mol. The van der Waals surface area contributed by atoms with Gasteiger partial charge in [-0.15, -0.1) is 0 Å². The maximum absolute atomic E-state index is 12.7. The molecule has 0 rings (SSSR count). The number of carbonyl (C=O) groups is 6. The van der Waals surface area contributed by atoms with Crippen LogP contribution in [0.4, 0.5) is 0 Å². The number of carboxylic acid groups (broad SMARTS) is 3. The van der Waals surface area contributed by atoms with E-state index in [1.165, 1.54) is 18.7 Å². The Morgan fingerprint density at radius 1 is 0.818 bits per heavy atom. The van der Waals surface area contributed by atoms with E-state index < -0.39 is 85.2 Å². The summed E-state index contributed by atoms with van der Waals surface area (Å²) in [6.45, 7) is 1.22. The molecule has 0 radical (unpaired) electrons. The predicted molar refractivity (Wildman–Crippen MR) is 115 cm³/mol. The van der Waals surface area contributed by atoms with Crippen LogP contribution in [0.5, 0.6) is 0 Å². The van der Waals surface area contributed by atoms with Crippen molar-refractivity contribution in [3.63, 3.8) is 0 Å². The van der Waals surface area contributed by atoms with Gasteiger partial charge >= 0.3 is 17.9 Å². The second-order valence-electron chi connectivity index (χ2n) is 7.10. The third-order valence-electron chi connectivity index (χ3n) is 4.34. The lowest BCUT2D eigenvalue weighted by atomic mass is 10.1. The van der Waals surface area contributed by atoms with Gasteiger partial charge in [0.25, 0.3) is 0 Å². The molecular formula is C18H30N4O10S. The minimum atomic E-state index is -1.71. The third kappa shape index (κ3) is 12.1. The predicted octanol–water partition coefficient (Wildman–Crippen LogP) is -2.67. The fourth-order valence-corrected chi connectivity index (χ4v) is 2.92. The van der Waals surface area contributed by atoms with Crippen LogP contribution in [0, 0.1) is 0 Å². The van der Waals surface area contributed by atoms with Crippen LogP contribution >= 0.6 is 11.8 Å². The zero-order valence-corrected chi connectivity index (χ0v) is 19.0. The molecule has 0 fully saturated rings. The van der Waals surface area contributed by atoms with E-state index in [0.717, 1.165) is 0 Å². The van der Waals surface area contributed by atoms with Crippen LogP contribution in [0.25, 0.3) is 0 Å². The molecule has 0 spiro atoms. The first kappa shape index (κ1) is 30.1. The van der Waals surface area contributed by atoms with Gasteiger partial charge in [-0.2, -0.15) is 11.8 Å². The lowest BCUT2D eigenvalue weighted by molar-refractivity contribution is -0.143. The van der Waals surface area contributed by atoms with Crippen molar-refractivity contribution in [3.05, 3.63) is 0 Å². The first-order valence-corrected chi connectivity index (χ1v) is 11.2. The molecule has 5 atom stereocenters. The number of nitrogens with one attached hydrogen (secondary N) is 3. The van der Waals surface area contributed by atoms with Crippen molar-refractivity contribution in [1.29, 1.82) is 0 Å². The van der Waals surface area contributed by atoms with Crippen LogP contribution in [0.3, 0.4) is 0 Å². The molecule has 0 aliphatic heterocycles. The number of carbonyl (C=O) groups excluding carboxylic acids is 3. The molecule has 0 aliphatic rings. The van der Waals surface area contributed by atoms with Gasteiger partial charge < -0.3 is 42.1 Å². The highest BCUT2D eigenvalue weighted by Gasteiger charge is 2.32. The number of hydrogen-bond acceptors (Lipinski definition) is 9. The van der Waals surface area contributed by atoms with E-state index in [1.807, 2.05) is 0 Å². The fourth-order valence-electron chi connectivity index (χ4n) is 2.45. The van der Waals surface area contributed by atoms with Crippen LogP contribution < -0.4 is 21.7 Å². The second-order valence-corrected chi connectivity index (χ2v) is 8.09. The summed E-state index contributed by atoms with van der Waals surface area (Å²) < 4.78 is 0. The highest BCUT2D eigenvalue weighted by atomic mass is 32.2. The number of nitrogens with two attached hydrogens (primary N) is 1. The molecule has 0 bridgehead atoms. The van der Waals surface area contributed by atoms with E-state index in [4.69, 9.17) is 15.9 Å². The normalized spacial score (nSPS) is 15.3. The molecule has 0 aromatic carbocycles. The Morgan fingerprint density at radius 3 is 1.79 bits per heavy atom. The van der Waals surface area contributed by atoms with Gasteiger partial charge in [-0.3, -0.25) is 24.0 Å². The van der Waals surface area contributed by atoms with Gasteiger partial charge in [0.2, 0.25) is 17.7 Å². The largest absolute Gasteiger partial charge is 0.481 e. The minimum absolute atomic E-state index is 0.0461. The van der Waals surface area contributed by atoms with Gasteiger partial charge in [0.15, 0.2) is 0 Å². The summed E-state index contributed by atoms with van der Waals surface area (Å²) in [6, 6.07) is -5.99. The summed E-state index contributed by atoms with van der Waals surface area (Å²) in [6.07, 6.45) is -1.40. The molecule has 14 nitrogen and oxygen atoms in total. The molecule has 0 aromatic heterocycles. The SMILES string of the molecule is CSCCC(NC(=O)C(CC(=O)O)NC(=O)C(CCC(=O)O)NC(=O)C(N)C(C)O)C(=O)O. The van der Waals surface area contributed by atoms with Crippen LogP contribution in [0.2, 0.25) is 0 Å². The van der Waals surface area contributed by atoms with Crippen LogP contribution in [-0.4, -0.2) is 98.3 Å². The van der Waals surface area contributed by atoms with E-state index in [-0.39, 0.29) is 6.42 Å². The van der Waals surface area contributed by atoms with Gasteiger partial charge in [0.05, 0.1) is 12.5 Å². The molecule has 0 aliphatic carbocycles. The minimum Gasteiger partial charge on any atom is -0.481 e. The maximum atomic E-state index is 12.7. The molecule has 0 saturated carbocycles. The topological polar surface area (TPSA) is 245 Å². The Morgan fingerprint density at radius 2 is 1.33 bits per heavy atom.